The zero-order valence-corrected chi connectivity index (χ0v) is 12.5. The highest BCUT2D eigenvalue weighted by atomic mass is 32.2. The van der Waals surface area contributed by atoms with Crippen molar-refractivity contribution < 1.29 is 8.42 Å². The van der Waals surface area contributed by atoms with Gasteiger partial charge in [-0.2, -0.15) is 0 Å². The van der Waals surface area contributed by atoms with E-state index >= 15 is 0 Å². The molecular weight excluding hydrogens is 248 g/mol. The molecule has 0 aromatic heterocycles. The van der Waals surface area contributed by atoms with Gasteiger partial charge >= 0.3 is 0 Å². The normalized spacial score (nSPS) is 13.7. The number of rotatable bonds is 4. The van der Waals surface area contributed by atoms with Crippen molar-refractivity contribution >= 4 is 10.0 Å². The van der Waals surface area contributed by atoms with E-state index < -0.39 is 10.0 Å². The number of sulfonamides is 1. The lowest BCUT2D eigenvalue weighted by Crippen LogP contribution is -2.38. The molecule has 0 bridgehead atoms. The van der Waals surface area contributed by atoms with Gasteiger partial charge in [-0.15, -0.1) is 0 Å². The van der Waals surface area contributed by atoms with Crippen LogP contribution in [0.2, 0.25) is 0 Å². The summed E-state index contributed by atoms with van der Waals surface area (Å²) in [5.41, 5.74) is 9.04. The second-order valence-electron chi connectivity index (χ2n) is 4.85. The minimum absolute atomic E-state index is 0.269. The molecule has 0 aliphatic heterocycles. The molecule has 3 N–H and O–H groups in total. The molecule has 0 amide bonds. The molecule has 0 spiro atoms. The van der Waals surface area contributed by atoms with Crippen molar-refractivity contribution in [3.8, 4) is 0 Å². The molecule has 5 heteroatoms. The highest BCUT2D eigenvalue weighted by molar-refractivity contribution is 7.89. The fourth-order valence-corrected chi connectivity index (χ4v) is 3.83. The van der Waals surface area contributed by atoms with Crippen molar-refractivity contribution in [1.82, 2.24) is 4.72 Å². The van der Waals surface area contributed by atoms with E-state index in [1.807, 2.05) is 33.8 Å². The van der Waals surface area contributed by atoms with Crippen LogP contribution < -0.4 is 10.5 Å². The monoisotopic (exact) mass is 270 g/mol. The highest BCUT2D eigenvalue weighted by Gasteiger charge is 2.23. The molecule has 0 saturated heterocycles. The zero-order chi connectivity index (χ0) is 14.1. The second kappa shape index (κ2) is 5.38. The number of nitrogens with two attached hydrogens (primary N) is 1. The molecule has 18 heavy (non-hydrogen) atoms. The summed E-state index contributed by atoms with van der Waals surface area (Å²) in [7, 11) is -3.51. The average molecular weight is 270 g/mol. The molecule has 0 aliphatic carbocycles. The Kier molecular flexibility index (Phi) is 4.53. The van der Waals surface area contributed by atoms with Crippen LogP contribution in [0.4, 0.5) is 0 Å². The zero-order valence-electron chi connectivity index (χ0n) is 11.7. The number of hydrogen-bond acceptors (Lipinski definition) is 3. The van der Waals surface area contributed by atoms with Crippen molar-refractivity contribution in [3.05, 3.63) is 28.3 Å². The van der Waals surface area contributed by atoms with Gasteiger partial charge < -0.3 is 5.73 Å². The van der Waals surface area contributed by atoms with Gasteiger partial charge in [-0.25, -0.2) is 13.1 Å². The summed E-state index contributed by atoms with van der Waals surface area (Å²) in [5, 5.41) is 0. The lowest BCUT2D eigenvalue weighted by Gasteiger charge is -2.18. The van der Waals surface area contributed by atoms with Crippen molar-refractivity contribution in [3.63, 3.8) is 0 Å². The van der Waals surface area contributed by atoms with Gasteiger partial charge in [0.05, 0.1) is 4.90 Å². The van der Waals surface area contributed by atoms with Gasteiger partial charge in [0, 0.05) is 12.6 Å². The Hall–Kier alpha value is -0.910. The molecule has 1 aromatic rings. The molecular formula is C13H22N2O2S. The molecule has 0 aliphatic rings. The van der Waals surface area contributed by atoms with Gasteiger partial charge in [-0.1, -0.05) is 6.07 Å². The Morgan fingerprint density at radius 2 is 1.61 bits per heavy atom. The summed E-state index contributed by atoms with van der Waals surface area (Å²) in [5.74, 6) is 0. The minimum Gasteiger partial charge on any atom is -0.329 e. The largest absolute Gasteiger partial charge is 0.329 e. The van der Waals surface area contributed by atoms with Crippen LogP contribution in [0.1, 0.15) is 29.2 Å². The number of nitrogens with one attached hydrogen (secondary N) is 1. The van der Waals surface area contributed by atoms with Gasteiger partial charge in [-0.05, 0) is 56.9 Å². The maximum absolute atomic E-state index is 12.4. The predicted octanol–water partition coefficient (Wildman–Crippen LogP) is 1.55. The SMILES string of the molecule is Cc1cc(C)c(C)c(S(=O)(=O)N[C@@H](C)CN)c1C. The number of hydrogen-bond donors (Lipinski definition) is 2. The van der Waals surface area contributed by atoms with E-state index in [-0.39, 0.29) is 12.6 Å². The molecule has 0 unspecified atom stereocenters. The summed E-state index contributed by atoms with van der Waals surface area (Å²) in [6, 6.07) is 1.74. The van der Waals surface area contributed by atoms with Crippen LogP contribution in [0.5, 0.6) is 0 Å². The molecule has 102 valence electrons. The summed E-state index contributed by atoms with van der Waals surface area (Å²) in [6.07, 6.45) is 0. The van der Waals surface area contributed by atoms with Gasteiger partial charge in [-0.3, -0.25) is 0 Å². The minimum atomic E-state index is -3.51. The maximum Gasteiger partial charge on any atom is 0.241 e. The molecule has 1 atom stereocenters. The van der Waals surface area contributed by atoms with Crippen LogP contribution in [0.3, 0.4) is 0 Å². The van der Waals surface area contributed by atoms with E-state index in [2.05, 4.69) is 4.72 Å². The van der Waals surface area contributed by atoms with Crippen molar-refractivity contribution in [1.29, 1.82) is 0 Å². The van der Waals surface area contributed by atoms with Crippen LogP contribution in [-0.4, -0.2) is 21.0 Å². The van der Waals surface area contributed by atoms with E-state index in [1.54, 1.807) is 6.92 Å². The maximum atomic E-state index is 12.4. The third kappa shape index (κ3) is 2.91. The van der Waals surface area contributed by atoms with Crippen LogP contribution in [0.25, 0.3) is 0 Å². The van der Waals surface area contributed by atoms with Gasteiger partial charge in [0.1, 0.15) is 0 Å². The Morgan fingerprint density at radius 1 is 1.17 bits per heavy atom. The van der Waals surface area contributed by atoms with E-state index in [0.29, 0.717) is 4.90 Å². The third-order valence-electron chi connectivity index (χ3n) is 3.28. The quantitative estimate of drug-likeness (QED) is 0.872. The number of benzene rings is 1. The first-order valence-corrected chi connectivity index (χ1v) is 7.48. The molecule has 0 radical (unpaired) electrons. The first-order chi connectivity index (χ1) is 8.20. The fourth-order valence-electron chi connectivity index (χ4n) is 1.96. The predicted molar refractivity (Wildman–Crippen MR) is 74.2 cm³/mol. The van der Waals surface area contributed by atoms with Gasteiger partial charge in [0.25, 0.3) is 0 Å². The lowest BCUT2D eigenvalue weighted by molar-refractivity contribution is 0.561. The lowest BCUT2D eigenvalue weighted by atomic mass is 10.0. The fraction of sp³-hybridized carbons (Fsp3) is 0.538. The molecule has 0 heterocycles. The molecule has 4 nitrogen and oxygen atoms in total. The number of aryl methyl sites for hydroxylation is 2. The summed E-state index contributed by atoms with van der Waals surface area (Å²) >= 11 is 0. The highest BCUT2D eigenvalue weighted by Crippen LogP contribution is 2.25. The van der Waals surface area contributed by atoms with Crippen molar-refractivity contribution in [2.24, 2.45) is 5.73 Å². The first kappa shape index (κ1) is 15.1. The first-order valence-electron chi connectivity index (χ1n) is 6.00. The van der Waals surface area contributed by atoms with Gasteiger partial charge in [0.15, 0.2) is 0 Å². The van der Waals surface area contributed by atoms with E-state index in [9.17, 15) is 8.42 Å². The standard InChI is InChI=1S/C13H22N2O2S/c1-8-6-9(2)12(5)13(11(8)4)18(16,17)15-10(3)7-14/h6,10,15H,7,14H2,1-5H3/t10-/m0/s1. The van der Waals surface area contributed by atoms with Gasteiger partial charge in [0.2, 0.25) is 10.0 Å². The van der Waals surface area contributed by atoms with E-state index in [1.165, 1.54) is 0 Å². The Labute approximate surface area is 110 Å². The Bertz CT molecular complexity index is 524. The molecule has 1 rings (SSSR count). The summed E-state index contributed by atoms with van der Waals surface area (Å²) in [6.45, 7) is 9.56. The second-order valence-corrected chi connectivity index (χ2v) is 6.50. The topological polar surface area (TPSA) is 72.2 Å². The van der Waals surface area contributed by atoms with Crippen LogP contribution in [-0.2, 0) is 10.0 Å². The molecule has 0 saturated carbocycles. The van der Waals surface area contributed by atoms with Crippen LogP contribution >= 0.6 is 0 Å². The Balaban J connectivity index is 3.41. The summed E-state index contributed by atoms with van der Waals surface area (Å²) in [4.78, 5) is 0.389. The third-order valence-corrected chi connectivity index (χ3v) is 5.14. The smallest absolute Gasteiger partial charge is 0.241 e. The van der Waals surface area contributed by atoms with E-state index in [0.717, 1.165) is 22.3 Å². The van der Waals surface area contributed by atoms with Crippen molar-refractivity contribution in [2.45, 2.75) is 45.6 Å². The average Bonchev–Trinajstić information content (AvgIpc) is 2.25. The van der Waals surface area contributed by atoms with Crippen molar-refractivity contribution in [2.75, 3.05) is 6.54 Å². The summed E-state index contributed by atoms with van der Waals surface area (Å²) < 4.78 is 27.4. The van der Waals surface area contributed by atoms with E-state index in [4.69, 9.17) is 5.73 Å². The van der Waals surface area contributed by atoms with Crippen LogP contribution in [0.15, 0.2) is 11.0 Å². The Morgan fingerprint density at radius 3 is 2.00 bits per heavy atom. The molecule has 0 fully saturated rings. The molecule has 1 aromatic carbocycles. The van der Waals surface area contributed by atoms with Crippen LogP contribution in [0, 0.1) is 27.7 Å².